The van der Waals surface area contributed by atoms with Gasteiger partial charge in [0.25, 0.3) is 0 Å². The van der Waals surface area contributed by atoms with Gasteiger partial charge in [-0.15, -0.1) is 24.8 Å². The Morgan fingerprint density at radius 1 is 1.28 bits per heavy atom. The second-order valence-electron chi connectivity index (χ2n) is 4.31. The van der Waals surface area contributed by atoms with Crippen molar-refractivity contribution in [3.05, 3.63) is 29.8 Å². The summed E-state index contributed by atoms with van der Waals surface area (Å²) in [5, 5.41) is 12.9. The number of nitrogens with zero attached hydrogens (tertiary/aromatic N) is 1. The molecular weight excluding hydrogens is 271 g/mol. The van der Waals surface area contributed by atoms with Crippen LogP contribution >= 0.6 is 24.8 Å². The quantitative estimate of drug-likeness (QED) is 0.899. The third kappa shape index (κ3) is 4.32. The maximum atomic E-state index is 9.52. The first kappa shape index (κ1) is 17.5. The number of benzene rings is 1. The van der Waals surface area contributed by atoms with Gasteiger partial charge < -0.3 is 10.4 Å². The normalized spacial score (nSPS) is 17.4. The highest BCUT2D eigenvalue weighted by Gasteiger charge is 2.20. The molecule has 104 valence electrons. The van der Waals surface area contributed by atoms with E-state index in [-0.39, 0.29) is 24.8 Å². The van der Waals surface area contributed by atoms with Gasteiger partial charge in [-0.1, -0.05) is 19.1 Å². The van der Waals surface area contributed by atoms with E-state index in [2.05, 4.69) is 23.2 Å². The minimum atomic E-state index is 0. The summed E-state index contributed by atoms with van der Waals surface area (Å²) in [5.41, 5.74) is 1.23. The summed E-state index contributed by atoms with van der Waals surface area (Å²) in [4.78, 5) is 2.49. The largest absolute Gasteiger partial charge is 0.508 e. The van der Waals surface area contributed by atoms with Crippen LogP contribution in [0.3, 0.4) is 0 Å². The van der Waals surface area contributed by atoms with E-state index < -0.39 is 0 Å². The van der Waals surface area contributed by atoms with Crippen LogP contribution in [0.5, 0.6) is 5.75 Å². The Kier molecular flexibility index (Phi) is 8.36. The molecule has 0 radical (unpaired) electrons. The zero-order valence-corrected chi connectivity index (χ0v) is 12.3. The Hall–Kier alpha value is -0.480. The second-order valence-corrected chi connectivity index (χ2v) is 4.31. The summed E-state index contributed by atoms with van der Waals surface area (Å²) in [6, 6.07) is 8.09. The van der Waals surface area contributed by atoms with Gasteiger partial charge in [-0.2, -0.15) is 0 Å². The molecule has 5 heteroatoms. The Labute approximate surface area is 121 Å². The van der Waals surface area contributed by atoms with Crippen LogP contribution in [0.15, 0.2) is 24.3 Å². The van der Waals surface area contributed by atoms with Crippen molar-refractivity contribution in [2.24, 2.45) is 0 Å². The lowest BCUT2D eigenvalue weighted by atomic mass is 10.0. The molecule has 1 fully saturated rings. The lowest BCUT2D eigenvalue weighted by Crippen LogP contribution is -2.45. The lowest BCUT2D eigenvalue weighted by molar-refractivity contribution is 0.169. The van der Waals surface area contributed by atoms with Crippen LogP contribution in [0.1, 0.15) is 24.9 Å². The second kappa shape index (κ2) is 8.59. The third-order valence-electron chi connectivity index (χ3n) is 3.23. The standard InChI is InChI=1S/C13H20N2O.2ClH/c1-2-13(15-8-6-14-7-9-15)11-4-3-5-12(16)10-11;;/h3-5,10,13-14,16H,2,6-9H2,1H3;2*1H/t13-;;/m0../s1. The average Bonchev–Trinajstić information content (AvgIpc) is 2.31. The number of aromatic hydroxyl groups is 1. The van der Waals surface area contributed by atoms with E-state index in [1.807, 2.05) is 12.1 Å². The van der Waals surface area contributed by atoms with Crippen LogP contribution in [-0.4, -0.2) is 36.2 Å². The average molecular weight is 293 g/mol. The van der Waals surface area contributed by atoms with Crippen LogP contribution in [0.25, 0.3) is 0 Å². The van der Waals surface area contributed by atoms with Crippen LogP contribution < -0.4 is 5.32 Å². The van der Waals surface area contributed by atoms with Crippen molar-refractivity contribution in [2.75, 3.05) is 26.2 Å². The molecule has 1 heterocycles. The molecule has 0 amide bonds. The predicted octanol–water partition coefficient (Wildman–Crippen LogP) is 2.59. The molecule has 0 unspecified atom stereocenters. The molecule has 2 rings (SSSR count). The third-order valence-corrected chi connectivity index (χ3v) is 3.23. The molecule has 0 saturated carbocycles. The first-order valence-electron chi connectivity index (χ1n) is 6.05. The van der Waals surface area contributed by atoms with Crippen LogP contribution in [-0.2, 0) is 0 Å². The van der Waals surface area contributed by atoms with Gasteiger partial charge in [0.05, 0.1) is 0 Å². The summed E-state index contributed by atoms with van der Waals surface area (Å²) in [5.74, 6) is 0.367. The summed E-state index contributed by atoms with van der Waals surface area (Å²) >= 11 is 0. The van der Waals surface area contributed by atoms with E-state index >= 15 is 0 Å². The molecule has 1 saturated heterocycles. The SMILES string of the molecule is CC[C@@H](c1cccc(O)c1)N1CCNCC1.Cl.Cl. The van der Waals surface area contributed by atoms with Crippen molar-refractivity contribution in [3.63, 3.8) is 0 Å². The highest BCUT2D eigenvalue weighted by Crippen LogP contribution is 2.26. The number of hydrogen-bond donors (Lipinski definition) is 2. The van der Waals surface area contributed by atoms with Crippen molar-refractivity contribution in [1.82, 2.24) is 10.2 Å². The minimum Gasteiger partial charge on any atom is -0.508 e. The number of phenolic OH excluding ortho intramolecular Hbond substituents is 1. The fourth-order valence-corrected chi connectivity index (χ4v) is 2.43. The van der Waals surface area contributed by atoms with Gasteiger partial charge in [-0.3, -0.25) is 4.90 Å². The number of rotatable bonds is 3. The molecule has 1 aliphatic heterocycles. The van der Waals surface area contributed by atoms with E-state index in [4.69, 9.17) is 0 Å². The first-order valence-corrected chi connectivity index (χ1v) is 6.05. The number of hydrogen-bond acceptors (Lipinski definition) is 3. The zero-order chi connectivity index (χ0) is 11.4. The number of phenols is 1. The molecule has 0 bridgehead atoms. The predicted molar refractivity (Wildman–Crippen MR) is 80.1 cm³/mol. The summed E-state index contributed by atoms with van der Waals surface area (Å²) in [6.45, 7) is 6.52. The Balaban J connectivity index is 0.00000144. The molecule has 1 aliphatic rings. The minimum absolute atomic E-state index is 0. The lowest BCUT2D eigenvalue weighted by Gasteiger charge is -2.34. The van der Waals surface area contributed by atoms with E-state index in [1.165, 1.54) is 5.56 Å². The maximum Gasteiger partial charge on any atom is 0.115 e. The fraction of sp³-hybridized carbons (Fsp3) is 0.538. The Morgan fingerprint density at radius 3 is 2.50 bits per heavy atom. The molecule has 18 heavy (non-hydrogen) atoms. The summed E-state index contributed by atoms with van der Waals surface area (Å²) in [7, 11) is 0. The molecule has 1 atom stereocenters. The monoisotopic (exact) mass is 292 g/mol. The van der Waals surface area contributed by atoms with Gasteiger partial charge in [-0.25, -0.2) is 0 Å². The maximum absolute atomic E-state index is 9.52. The van der Waals surface area contributed by atoms with Gasteiger partial charge in [0.1, 0.15) is 5.75 Å². The smallest absolute Gasteiger partial charge is 0.115 e. The van der Waals surface area contributed by atoms with Gasteiger partial charge >= 0.3 is 0 Å². The van der Waals surface area contributed by atoms with Gasteiger partial charge in [0.2, 0.25) is 0 Å². The molecule has 0 aromatic heterocycles. The molecule has 2 N–H and O–H groups in total. The van der Waals surface area contributed by atoms with E-state index in [0.717, 1.165) is 32.6 Å². The molecule has 1 aromatic rings. The van der Waals surface area contributed by atoms with Crippen LogP contribution in [0, 0.1) is 0 Å². The molecule has 1 aromatic carbocycles. The zero-order valence-electron chi connectivity index (χ0n) is 10.6. The highest BCUT2D eigenvalue weighted by atomic mass is 35.5. The fourth-order valence-electron chi connectivity index (χ4n) is 2.43. The highest BCUT2D eigenvalue weighted by molar-refractivity contribution is 5.85. The number of halogens is 2. The molecule has 0 aliphatic carbocycles. The van der Waals surface area contributed by atoms with Crippen molar-refractivity contribution >= 4 is 24.8 Å². The Morgan fingerprint density at radius 2 is 1.94 bits per heavy atom. The number of nitrogens with one attached hydrogen (secondary N) is 1. The van der Waals surface area contributed by atoms with Gasteiger partial charge in [0, 0.05) is 32.2 Å². The molecule has 3 nitrogen and oxygen atoms in total. The van der Waals surface area contributed by atoms with Gasteiger partial charge in [-0.05, 0) is 24.1 Å². The van der Waals surface area contributed by atoms with Crippen LogP contribution in [0.4, 0.5) is 0 Å². The summed E-state index contributed by atoms with van der Waals surface area (Å²) < 4.78 is 0. The van der Waals surface area contributed by atoms with Crippen LogP contribution in [0.2, 0.25) is 0 Å². The van der Waals surface area contributed by atoms with E-state index in [9.17, 15) is 5.11 Å². The van der Waals surface area contributed by atoms with E-state index in [0.29, 0.717) is 11.8 Å². The first-order chi connectivity index (χ1) is 7.81. The van der Waals surface area contributed by atoms with Gasteiger partial charge in [0.15, 0.2) is 0 Å². The Bertz CT molecular complexity index is 344. The van der Waals surface area contributed by atoms with E-state index in [1.54, 1.807) is 6.07 Å². The molecule has 0 spiro atoms. The topological polar surface area (TPSA) is 35.5 Å². The number of piperazine rings is 1. The van der Waals surface area contributed by atoms with Crippen molar-refractivity contribution in [2.45, 2.75) is 19.4 Å². The molecular formula is C13H22Cl2N2O. The van der Waals surface area contributed by atoms with Crippen molar-refractivity contribution in [1.29, 1.82) is 0 Å². The van der Waals surface area contributed by atoms with Crippen molar-refractivity contribution < 1.29 is 5.11 Å². The van der Waals surface area contributed by atoms with Crippen molar-refractivity contribution in [3.8, 4) is 5.75 Å². The summed E-state index contributed by atoms with van der Waals surface area (Å²) in [6.07, 6.45) is 1.09.